The van der Waals surface area contributed by atoms with Gasteiger partial charge in [0.15, 0.2) is 0 Å². The number of rotatable bonds is 2. The number of hydrogen-bond donors (Lipinski definition) is 1. The van der Waals surface area contributed by atoms with E-state index >= 15 is 0 Å². The zero-order valence-electron chi connectivity index (χ0n) is 3.76. The van der Waals surface area contributed by atoms with Crippen LogP contribution in [0.2, 0.25) is 0 Å². The molecule has 0 saturated heterocycles. The second-order valence-corrected chi connectivity index (χ2v) is 1.39. The molecular formula is C3H6AsNO2. The van der Waals surface area contributed by atoms with E-state index in [-0.39, 0.29) is 5.97 Å². The molecule has 0 aliphatic rings. The van der Waals surface area contributed by atoms with E-state index in [4.69, 9.17) is 5.73 Å². The van der Waals surface area contributed by atoms with Crippen LogP contribution in [0.1, 0.15) is 6.42 Å². The zero-order chi connectivity index (χ0) is 5.70. The maximum absolute atomic E-state index is 10.1. The van der Waals surface area contributed by atoms with Gasteiger partial charge in [0.05, 0.1) is 0 Å². The molecule has 0 rings (SSSR count). The summed E-state index contributed by atoms with van der Waals surface area (Å²) in [5.74, 6) is -0.275. The van der Waals surface area contributed by atoms with Gasteiger partial charge >= 0.3 is 50.4 Å². The molecule has 0 amide bonds. The molecule has 0 aromatic carbocycles. The van der Waals surface area contributed by atoms with Crippen molar-refractivity contribution < 1.29 is 8.52 Å². The number of carbonyl (C=O) groups is 1. The number of carbonyl (C=O) groups excluding carboxylic acids is 1. The molecule has 0 aromatic heterocycles. The zero-order valence-corrected chi connectivity index (χ0v) is 5.63. The SMILES string of the molecule is NCCC(=O)O[As]. The molecule has 0 spiro atoms. The number of nitrogens with two attached hydrogens (primary N) is 1. The molecule has 3 nitrogen and oxygen atoms in total. The van der Waals surface area contributed by atoms with Gasteiger partial charge < -0.3 is 0 Å². The maximum atomic E-state index is 10.1. The fourth-order valence-electron chi connectivity index (χ4n) is 0.163. The van der Waals surface area contributed by atoms with Crippen LogP contribution in [0, 0.1) is 0 Å². The van der Waals surface area contributed by atoms with Crippen molar-refractivity contribution in [3.05, 3.63) is 0 Å². The summed E-state index contributed by atoms with van der Waals surface area (Å²) in [6.07, 6.45) is 0.300. The van der Waals surface area contributed by atoms with Crippen molar-refractivity contribution in [3.8, 4) is 0 Å². The Labute approximate surface area is 51.1 Å². The summed E-state index contributed by atoms with van der Waals surface area (Å²) in [6.45, 7) is 0.358. The van der Waals surface area contributed by atoms with Crippen molar-refractivity contribution in [3.63, 3.8) is 0 Å². The van der Waals surface area contributed by atoms with Gasteiger partial charge in [-0.15, -0.1) is 0 Å². The molecule has 0 heterocycles. The number of hydrogen-bond acceptors (Lipinski definition) is 3. The summed E-state index contributed by atoms with van der Waals surface area (Å²) in [7, 11) is 0. The van der Waals surface area contributed by atoms with E-state index in [1.54, 1.807) is 17.2 Å². The van der Waals surface area contributed by atoms with E-state index in [1.807, 2.05) is 0 Å². The van der Waals surface area contributed by atoms with Gasteiger partial charge in [-0.25, -0.2) is 0 Å². The van der Waals surface area contributed by atoms with Gasteiger partial charge in [-0.2, -0.15) is 0 Å². The quantitative estimate of drug-likeness (QED) is 0.529. The van der Waals surface area contributed by atoms with E-state index in [1.165, 1.54) is 0 Å². The van der Waals surface area contributed by atoms with E-state index in [0.29, 0.717) is 13.0 Å². The Morgan fingerprint density at radius 1 is 1.86 bits per heavy atom. The van der Waals surface area contributed by atoms with Gasteiger partial charge in [-0.05, 0) is 0 Å². The van der Waals surface area contributed by atoms with Gasteiger partial charge in [0.1, 0.15) is 0 Å². The summed E-state index contributed by atoms with van der Waals surface area (Å²) in [5.41, 5.74) is 5.00. The Bertz CT molecular complexity index is 66.0. The molecule has 40 valence electrons. The summed E-state index contributed by atoms with van der Waals surface area (Å²) in [5, 5.41) is 0. The molecule has 4 heteroatoms. The Morgan fingerprint density at radius 2 is 2.43 bits per heavy atom. The van der Waals surface area contributed by atoms with Crippen molar-refractivity contribution >= 4 is 23.2 Å². The Kier molecular flexibility index (Phi) is 4.15. The van der Waals surface area contributed by atoms with Crippen LogP contribution >= 0.6 is 0 Å². The Hall–Kier alpha value is -0.0116. The predicted octanol–water partition coefficient (Wildman–Crippen LogP) is -1.04. The van der Waals surface area contributed by atoms with Crippen LogP contribution in [0.3, 0.4) is 0 Å². The van der Waals surface area contributed by atoms with Gasteiger partial charge in [-0.1, -0.05) is 0 Å². The molecule has 0 bridgehead atoms. The third-order valence-corrected chi connectivity index (χ3v) is 0.878. The second kappa shape index (κ2) is 4.16. The second-order valence-electron chi connectivity index (χ2n) is 1.00. The van der Waals surface area contributed by atoms with Crippen molar-refractivity contribution in [1.29, 1.82) is 0 Å². The Morgan fingerprint density at radius 3 is 2.57 bits per heavy atom. The molecule has 0 aromatic rings. The van der Waals surface area contributed by atoms with Crippen LogP contribution in [0.15, 0.2) is 0 Å². The fraction of sp³-hybridized carbons (Fsp3) is 0.667. The van der Waals surface area contributed by atoms with E-state index < -0.39 is 0 Å². The van der Waals surface area contributed by atoms with E-state index in [0.717, 1.165) is 0 Å². The third-order valence-electron chi connectivity index (χ3n) is 0.450. The molecular weight excluding hydrogens is 157 g/mol. The molecule has 0 unspecified atom stereocenters. The fourth-order valence-corrected chi connectivity index (χ4v) is 0.355. The monoisotopic (exact) mass is 163 g/mol. The van der Waals surface area contributed by atoms with Gasteiger partial charge in [0, 0.05) is 0 Å². The first-order valence-electron chi connectivity index (χ1n) is 1.85. The molecule has 2 N–H and O–H groups in total. The molecule has 2 radical (unpaired) electrons. The van der Waals surface area contributed by atoms with Gasteiger partial charge in [0.2, 0.25) is 0 Å². The Balaban J connectivity index is 3.00. The van der Waals surface area contributed by atoms with Crippen molar-refractivity contribution in [2.45, 2.75) is 6.42 Å². The van der Waals surface area contributed by atoms with E-state index in [9.17, 15) is 4.79 Å². The minimum atomic E-state index is -0.275. The third kappa shape index (κ3) is 3.83. The van der Waals surface area contributed by atoms with Crippen LogP contribution in [-0.2, 0) is 8.52 Å². The molecule has 0 fully saturated rings. The molecule has 0 aliphatic heterocycles. The van der Waals surface area contributed by atoms with Crippen molar-refractivity contribution in [2.24, 2.45) is 5.73 Å². The van der Waals surface area contributed by atoms with Gasteiger partial charge in [0.25, 0.3) is 0 Å². The summed E-state index contributed by atoms with van der Waals surface area (Å²) in [4.78, 5) is 10.1. The van der Waals surface area contributed by atoms with Crippen LogP contribution < -0.4 is 5.73 Å². The first-order valence-corrected chi connectivity index (χ1v) is 2.62. The van der Waals surface area contributed by atoms with Crippen LogP contribution in [0.25, 0.3) is 0 Å². The van der Waals surface area contributed by atoms with Crippen LogP contribution in [0.5, 0.6) is 0 Å². The van der Waals surface area contributed by atoms with Crippen molar-refractivity contribution in [1.82, 2.24) is 0 Å². The average Bonchev–Trinajstić information content (AvgIpc) is 1.68. The predicted molar refractivity (Wildman–Crippen MR) is 25.5 cm³/mol. The summed E-state index contributed by atoms with van der Waals surface area (Å²) >= 11 is 1.73. The molecule has 0 atom stereocenters. The van der Waals surface area contributed by atoms with Crippen LogP contribution in [-0.4, -0.2) is 29.7 Å². The average molecular weight is 163 g/mol. The molecule has 0 saturated carbocycles. The van der Waals surface area contributed by atoms with Crippen molar-refractivity contribution in [2.75, 3.05) is 6.54 Å². The molecule has 7 heavy (non-hydrogen) atoms. The normalized spacial score (nSPS) is 8.29. The first kappa shape index (κ1) is 6.99. The molecule has 0 aliphatic carbocycles. The topological polar surface area (TPSA) is 52.3 Å². The van der Waals surface area contributed by atoms with Gasteiger partial charge in [-0.3, -0.25) is 0 Å². The first-order chi connectivity index (χ1) is 3.31. The van der Waals surface area contributed by atoms with Crippen LogP contribution in [0.4, 0.5) is 0 Å². The minimum absolute atomic E-state index is 0.275. The standard InChI is InChI=1S/C3H6AsNO2/c4-7-3(6)1-2-5/h1-2,5H2. The summed E-state index contributed by atoms with van der Waals surface area (Å²) in [6, 6.07) is 0. The van der Waals surface area contributed by atoms with E-state index in [2.05, 4.69) is 3.73 Å². The summed E-state index contributed by atoms with van der Waals surface area (Å²) < 4.78 is 4.21.